The second-order valence-electron chi connectivity index (χ2n) is 14.1. The quantitative estimate of drug-likeness (QED) is 0.0343. The van der Waals surface area contributed by atoms with Crippen LogP contribution in [0.1, 0.15) is 84.5 Å². The zero-order valence-electron chi connectivity index (χ0n) is 37.0. The van der Waals surface area contributed by atoms with Gasteiger partial charge in [0.05, 0.1) is 66.1 Å². The number of amides is 6. The highest BCUT2D eigenvalue weighted by atomic mass is 32.5. The van der Waals surface area contributed by atoms with Crippen molar-refractivity contribution in [3.63, 3.8) is 0 Å². The van der Waals surface area contributed by atoms with Gasteiger partial charge in [0.15, 0.2) is 0 Å². The van der Waals surface area contributed by atoms with Gasteiger partial charge in [0, 0.05) is 73.2 Å². The van der Waals surface area contributed by atoms with Crippen LogP contribution in [-0.2, 0) is 73.5 Å². The van der Waals surface area contributed by atoms with Gasteiger partial charge in [-0.3, -0.25) is 28.8 Å². The van der Waals surface area contributed by atoms with Crippen molar-refractivity contribution in [2.75, 3.05) is 114 Å². The normalized spacial score (nSPS) is 13.2. The van der Waals surface area contributed by atoms with Crippen molar-refractivity contribution < 1.29 is 66.6 Å². The predicted molar refractivity (Wildman–Crippen MR) is 230 cm³/mol. The van der Waals surface area contributed by atoms with Crippen molar-refractivity contribution >= 4 is 53.7 Å². The maximum atomic E-state index is 13.2. The Hall–Kier alpha value is -2.85. The first-order valence-corrected chi connectivity index (χ1v) is 23.8. The summed E-state index contributed by atoms with van der Waals surface area (Å²) in [6, 6.07) is -2.18. The smallest absolute Gasteiger partial charge is 0.242 e. The maximum Gasteiger partial charge on any atom is 0.242 e. The number of rotatable bonds is 41. The maximum absolute atomic E-state index is 13.2. The van der Waals surface area contributed by atoms with Crippen LogP contribution in [0.25, 0.3) is 0 Å². The second-order valence-corrected chi connectivity index (χ2v) is 18.0. The van der Waals surface area contributed by atoms with Gasteiger partial charge in [0.2, 0.25) is 35.4 Å². The average Bonchev–Trinajstić information content (AvgIpc) is 3.22. The SMILES string of the molecule is COCCOCCNC(=O)CCC(NC(=O)CCC(NC(=O)CCCC(=O)NCCCCCCOP([O-])(=S)C(C)C)C(=O)NCCOCCOC)C(=O)NCCOCCOC. The Morgan fingerprint density at radius 2 is 0.902 bits per heavy atom. The summed E-state index contributed by atoms with van der Waals surface area (Å²) in [5.41, 5.74) is -0.197. The summed E-state index contributed by atoms with van der Waals surface area (Å²) in [5.74, 6) is -2.65. The minimum Gasteiger partial charge on any atom is -0.801 e. The lowest BCUT2D eigenvalue weighted by atomic mass is 10.1. The molecule has 356 valence electrons. The molecule has 61 heavy (non-hydrogen) atoms. The minimum absolute atomic E-state index is 0.00932. The van der Waals surface area contributed by atoms with Gasteiger partial charge in [-0.25, -0.2) is 0 Å². The van der Waals surface area contributed by atoms with Gasteiger partial charge in [0.25, 0.3) is 0 Å². The molecule has 0 aliphatic carbocycles. The molecule has 0 aromatic carbocycles. The molecule has 3 atom stereocenters. The molecule has 0 spiro atoms. The average molecular weight is 914 g/mol. The molecule has 6 amide bonds. The van der Waals surface area contributed by atoms with E-state index >= 15 is 0 Å². The first-order valence-electron chi connectivity index (χ1n) is 21.1. The lowest BCUT2D eigenvalue weighted by Crippen LogP contribution is -2.50. The molecule has 0 saturated heterocycles. The topological polar surface area (TPSA) is 262 Å². The van der Waals surface area contributed by atoms with Gasteiger partial charge < -0.3 is 69.7 Å². The molecule has 20 nitrogen and oxygen atoms in total. The monoisotopic (exact) mass is 913 g/mol. The number of nitrogens with one attached hydrogen (secondary N) is 6. The highest BCUT2D eigenvalue weighted by molar-refractivity contribution is 8.09. The fraction of sp³-hybridized carbons (Fsp3) is 0.846. The highest BCUT2D eigenvalue weighted by Crippen LogP contribution is 2.42. The summed E-state index contributed by atoms with van der Waals surface area (Å²) in [7, 11) is 4.64. The molecule has 0 radical (unpaired) electrons. The molecular weight excluding hydrogens is 839 g/mol. The summed E-state index contributed by atoms with van der Waals surface area (Å²) in [6.07, 6.45) is 3.05. The Balaban J connectivity index is 5.16. The predicted octanol–water partition coefficient (Wildman–Crippen LogP) is -0.204. The van der Waals surface area contributed by atoms with E-state index in [2.05, 4.69) is 31.9 Å². The summed E-state index contributed by atoms with van der Waals surface area (Å²) < 4.78 is 36.3. The summed E-state index contributed by atoms with van der Waals surface area (Å²) in [6.45, 7) is 4.85. The molecule has 3 unspecified atom stereocenters. The Bertz CT molecular complexity index is 1270. The standard InChI is InChI=1S/C39H75N6O14PS/c1-31(2)60(52,61)59-21-9-7-6-8-17-40-34(46)11-10-12-36(48)44-33(39(51)43-20-24-58-30-27-55-5)14-16-37(49)45-32(38(50)42-19-23-57-29-26-54-4)13-15-35(47)41-18-22-56-28-25-53-3/h31-33H,6-30H2,1-5H3,(H,40,46)(H,41,47)(H,42,50)(H,43,51)(H,44,48)(H,45,49)(H,52,61)/p-1. The summed E-state index contributed by atoms with van der Waals surface area (Å²) in [4.78, 5) is 89.4. The van der Waals surface area contributed by atoms with Crippen molar-refractivity contribution in [2.45, 2.75) is 102 Å². The van der Waals surface area contributed by atoms with Crippen LogP contribution in [0.2, 0.25) is 0 Å². The fourth-order valence-corrected chi connectivity index (χ4v) is 6.00. The van der Waals surface area contributed by atoms with Gasteiger partial charge in [-0.15, -0.1) is 0 Å². The molecule has 0 aliphatic heterocycles. The van der Waals surface area contributed by atoms with Gasteiger partial charge >= 0.3 is 0 Å². The number of carbonyl (C=O) groups is 6. The third-order valence-electron chi connectivity index (χ3n) is 8.68. The first-order chi connectivity index (χ1) is 29.3. The highest BCUT2D eigenvalue weighted by Gasteiger charge is 2.25. The largest absolute Gasteiger partial charge is 0.801 e. The molecule has 0 saturated carbocycles. The van der Waals surface area contributed by atoms with E-state index in [-0.39, 0.29) is 102 Å². The van der Waals surface area contributed by atoms with E-state index in [1.807, 2.05) is 0 Å². The molecule has 0 rings (SSSR count). The lowest BCUT2D eigenvalue weighted by molar-refractivity contribution is -0.184. The van der Waals surface area contributed by atoms with Crippen molar-refractivity contribution in [3.8, 4) is 0 Å². The van der Waals surface area contributed by atoms with Gasteiger partial charge in [-0.2, -0.15) is 0 Å². The number of hydrogen-bond donors (Lipinski definition) is 6. The Morgan fingerprint density at radius 1 is 0.492 bits per heavy atom. The Labute approximate surface area is 367 Å². The van der Waals surface area contributed by atoms with Crippen LogP contribution in [0.15, 0.2) is 0 Å². The van der Waals surface area contributed by atoms with E-state index < -0.39 is 42.2 Å². The molecule has 6 N–H and O–H groups in total. The van der Waals surface area contributed by atoms with Crippen molar-refractivity contribution in [3.05, 3.63) is 0 Å². The summed E-state index contributed by atoms with van der Waals surface area (Å²) in [5, 5.41) is 16.3. The lowest BCUT2D eigenvalue weighted by Gasteiger charge is -2.31. The molecule has 0 fully saturated rings. The van der Waals surface area contributed by atoms with Crippen molar-refractivity contribution in [1.82, 2.24) is 31.9 Å². The van der Waals surface area contributed by atoms with Crippen LogP contribution >= 0.6 is 6.49 Å². The number of hydrogen-bond acceptors (Lipinski definition) is 15. The zero-order valence-corrected chi connectivity index (χ0v) is 38.7. The van der Waals surface area contributed by atoms with Crippen molar-refractivity contribution in [2.24, 2.45) is 0 Å². The van der Waals surface area contributed by atoms with Crippen LogP contribution in [0.3, 0.4) is 0 Å². The Kier molecular flexibility index (Phi) is 37.0. The molecule has 0 heterocycles. The van der Waals surface area contributed by atoms with E-state index in [0.29, 0.717) is 52.8 Å². The number of carbonyl (C=O) groups excluding carboxylic acids is 6. The number of ether oxygens (including phenoxy) is 6. The van der Waals surface area contributed by atoms with Crippen LogP contribution in [0, 0.1) is 0 Å². The third-order valence-corrected chi connectivity index (χ3v) is 12.1. The van der Waals surface area contributed by atoms with Crippen LogP contribution in [0.4, 0.5) is 0 Å². The molecule has 0 aromatic rings. The van der Waals surface area contributed by atoms with Crippen molar-refractivity contribution in [1.29, 1.82) is 0 Å². The number of unbranched alkanes of at least 4 members (excludes halogenated alkanes) is 3. The first kappa shape index (κ1) is 58.1. The third kappa shape index (κ3) is 34.3. The van der Waals surface area contributed by atoms with Gasteiger partial charge in [-0.1, -0.05) is 38.5 Å². The van der Waals surface area contributed by atoms with Crippen LogP contribution in [0.5, 0.6) is 0 Å². The minimum atomic E-state index is -2.99. The van der Waals surface area contributed by atoms with E-state index in [1.54, 1.807) is 28.1 Å². The van der Waals surface area contributed by atoms with Gasteiger partial charge in [-0.05, 0) is 44.3 Å². The van der Waals surface area contributed by atoms with Gasteiger partial charge in [0.1, 0.15) is 12.1 Å². The molecular formula is C39H74N6O14PS-. The fourth-order valence-electron chi connectivity index (χ4n) is 5.09. The number of methoxy groups -OCH3 is 3. The Morgan fingerprint density at radius 3 is 1.39 bits per heavy atom. The molecule has 0 aromatic heterocycles. The molecule has 0 bridgehead atoms. The zero-order chi connectivity index (χ0) is 45.6. The second kappa shape index (κ2) is 38.8. The van der Waals surface area contributed by atoms with E-state index in [0.717, 1.165) is 25.7 Å². The molecule has 0 aliphatic rings. The van der Waals surface area contributed by atoms with E-state index in [9.17, 15) is 33.7 Å². The van der Waals surface area contributed by atoms with E-state index in [4.69, 9.17) is 44.8 Å². The summed E-state index contributed by atoms with van der Waals surface area (Å²) >= 11 is 5.01. The molecule has 22 heteroatoms. The van der Waals surface area contributed by atoms with Crippen LogP contribution < -0.4 is 36.8 Å². The van der Waals surface area contributed by atoms with Crippen LogP contribution in [-0.4, -0.2) is 167 Å². The van der Waals surface area contributed by atoms with E-state index in [1.165, 1.54) is 7.11 Å².